The van der Waals surface area contributed by atoms with Crippen molar-refractivity contribution in [1.82, 2.24) is 0 Å². The molecule has 1 unspecified atom stereocenters. The molecule has 0 amide bonds. The summed E-state index contributed by atoms with van der Waals surface area (Å²) in [6, 6.07) is 8.93. The summed E-state index contributed by atoms with van der Waals surface area (Å²) in [5, 5.41) is 8.71. The number of benzene rings is 1. The molecule has 1 aromatic carbocycles. The fourth-order valence-electron chi connectivity index (χ4n) is 1.29. The molecule has 0 aliphatic rings. The van der Waals surface area contributed by atoms with Crippen LogP contribution in [-0.2, 0) is 15.6 Å². The second-order valence-corrected chi connectivity index (χ2v) is 6.03. The number of hydrogen-bond acceptors (Lipinski definition) is 2. The Kier molecular flexibility index (Phi) is 3.63. The number of rotatable bonds is 4. The van der Waals surface area contributed by atoms with Gasteiger partial charge in [-0.05, 0) is 26.0 Å². The molecule has 0 fully saturated rings. The first-order chi connectivity index (χ1) is 6.93. The van der Waals surface area contributed by atoms with E-state index in [1.165, 1.54) is 0 Å². The number of aliphatic carboxylic acids is 1. The molecular formula is C11H14O3S. The maximum Gasteiger partial charge on any atom is 0.304 e. The van der Waals surface area contributed by atoms with Crippen molar-refractivity contribution in [2.75, 3.05) is 0 Å². The number of carboxylic acid groups (broad SMARTS) is 1. The van der Waals surface area contributed by atoms with Gasteiger partial charge in [-0.15, -0.1) is 0 Å². The van der Waals surface area contributed by atoms with Crippen molar-refractivity contribution in [2.24, 2.45) is 0 Å². The largest absolute Gasteiger partial charge is 0.481 e. The van der Waals surface area contributed by atoms with Crippen molar-refractivity contribution in [3.05, 3.63) is 30.3 Å². The molecule has 1 aromatic rings. The molecule has 0 aromatic heterocycles. The van der Waals surface area contributed by atoms with Gasteiger partial charge < -0.3 is 5.11 Å². The second kappa shape index (κ2) is 4.57. The van der Waals surface area contributed by atoms with Crippen molar-refractivity contribution in [3.63, 3.8) is 0 Å². The van der Waals surface area contributed by atoms with Crippen LogP contribution in [-0.4, -0.2) is 20.0 Å². The van der Waals surface area contributed by atoms with E-state index in [0.717, 1.165) is 0 Å². The number of carboxylic acids is 1. The fourth-order valence-corrected chi connectivity index (χ4v) is 2.59. The highest BCUT2D eigenvalue weighted by atomic mass is 32.2. The highest BCUT2D eigenvalue weighted by Gasteiger charge is 2.29. The predicted molar refractivity (Wildman–Crippen MR) is 59.2 cm³/mol. The van der Waals surface area contributed by atoms with Crippen molar-refractivity contribution in [3.8, 4) is 0 Å². The Morgan fingerprint density at radius 1 is 1.33 bits per heavy atom. The molecule has 3 nitrogen and oxygen atoms in total. The first-order valence-electron chi connectivity index (χ1n) is 4.62. The van der Waals surface area contributed by atoms with Gasteiger partial charge in [0.2, 0.25) is 0 Å². The molecule has 0 radical (unpaired) electrons. The molecule has 0 bridgehead atoms. The number of carbonyl (C=O) groups is 1. The van der Waals surface area contributed by atoms with Crippen LogP contribution >= 0.6 is 0 Å². The van der Waals surface area contributed by atoms with E-state index < -0.39 is 21.5 Å². The van der Waals surface area contributed by atoms with Crippen LogP contribution in [0.4, 0.5) is 0 Å². The van der Waals surface area contributed by atoms with Gasteiger partial charge in [0.05, 0.1) is 22.0 Å². The summed E-state index contributed by atoms with van der Waals surface area (Å²) in [7, 11) is -1.30. The monoisotopic (exact) mass is 226 g/mol. The molecule has 4 heteroatoms. The smallest absolute Gasteiger partial charge is 0.304 e. The molecule has 0 spiro atoms. The van der Waals surface area contributed by atoms with E-state index in [9.17, 15) is 9.00 Å². The van der Waals surface area contributed by atoms with E-state index in [0.29, 0.717) is 4.90 Å². The standard InChI is InChI=1S/C11H14O3S/c1-11(2,8-10(12)13)15(14)9-6-4-3-5-7-9/h3-7H,8H2,1-2H3,(H,12,13). The van der Waals surface area contributed by atoms with Crippen molar-refractivity contribution in [2.45, 2.75) is 29.9 Å². The van der Waals surface area contributed by atoms with Gasteiger partial charge in [0.25, 0.3) is 0 Å². The van der Waals surface area contributed by atoms with Crippen LogP contribution in [0.1, 0.15) is 20.3 Å². The van der Waals surface area contributed by atoms with Crippen molar-refractivity contribution in [1.29, 1.82) is 0 Å². The van der Waals surface area contributed by atoms with Crippen LogP contribution in [0.2, 0.25) is 0 Å². The topological polar surface area (TPSA) is 54.4 Å². The van der Waals surface area contributed by atoms with Crippen LogP contribution in [0.25, 0.3) is 0 Å². The summed E-state index contributed by atoms with van der Waals surface area (Å²) >= 11 is 0. The first kappa shape index (κ1) is 11.9. The predicted octanol–water partition coefficient (Wildman–Crippen LogP) is 2.05. The zero-order valence-corrected chi connectivity index (χ0v) is 9.58. The average Bonchev–Trinajstić information content (AvgIpc) is 2.16. The molecular weight excluding hydrogens is 212 g/mol. The minimum atomic E-state index is -1.30. The van der Waals surface area contributed by atoms with E-state index in [1.54, 1.807) is 38.1 Å². The summed E-state index contributed by atoms with van der Waals surface area (Å²) in [5.74, 6) is -0.927. The van der Waals surface area contributed by atoms with Crippen LogP contribution in [0.15, 0.2) is 35.2 Å². The summed E-state index contributed by atoms with van der Waals surface area (Å²) in [4.78, 5) is 11.3. The fraction of sp³-hybridized carbons (Fsp3) is 0.364. The molecule has 1 N–H and O–H groups in total. The lowest BCUT2D eigenvalue weighted by Crippen LogP contribution is -2.29. The quantitative estimate of drug-likeness (QED) is 0.854. The SMILES string of the molecule is CC(C)(CC(=O)O)S(=O)c1ccccc1. The van der Waals surface area contributed by atoms with Gasteiger partial charge in [0.1, 0.15) is 0 Å². The van der Waals surface area contributed by atoms with E-state index in [1.807, 2.05) is 6.07 Å². The Morgan fingerprint density at radius 2 is 1.87 bits per heavy atom. The summed E-state index contributed by atoms with van der Waals surface area (Å²) in [5.41, 5.74) is 0. The summed E-state index contributed by atoms with van der Waals surface area (Å²) < 4.78 is 11.3. The third-order valence-electron chi connectivity index (χ3n) is 2.04. The van der Waals surface area contributed by atoms with Crippen LogP contribution < -0.4 is 0 Å². The van der Waals surface area contributed by atoms with Gasteiger partial charge in [0, 0.05) is 4.90 Å². The lowest BCUT2D eigenvalue weighted by molar-refractivity contribution is -0.137. The Balaban J connectivity index is 2.89. The van der Waals surface area contributed by atoms with E-state index in [-0.39, 0.29) is 6.42 Å². The van der Waals surface area contributed by atoms with Crippen LogP contribution in [0.3, 0.4) is 0 Å². The van der Waals surface area contributed by atoms with Crippen LogP contribution in [0, 0.1) is 0 Å². The molecule has 0 aliphatic carbocycles. The normalized spacial score (nSPS) is 13.5. The molecule has 15 heavy (non-hydrogen) atoms. The maximum absolute atomic E-state index is 12.0. The third kappa shape index (κ3) is 3.16. The third-order valence-corrected chi connectivity index (χ3v) is 3.88. The van der Waals surface area contributed by atoms with Gasteiger partial charge >= 0.3 is 5.97 Å². The zero-order chi connectivity index (χ0) is 11.5. The molecule has 82 valence electrons. The molecule has 1 atom stereocenters. The molecule has 0 saturated heterocycles. The average molecular weight is 226 g/mol. The summed E-state index contributed by atoms with van der Waals surface area (Å²) in [6.07, 6.45) is -0.103. The molecule has 1 rings (SSSR count). The molecule has 0 saturated carbocycles. The van der Waals surface area contributed by atoms with Crippen molar-refractivity contribution >= 4 is 16.8 Å². The minimum Gasteiger partial charge on any atom is -0.481 e. The highest BCUT2D eigenvalue weighted by molar-refractivity contribution is 7.86. The molecule has 0 heterocycles. The first-order valence-corrected chi connectivity index (χ1v) is 5.77. The lowest BCUT2D eigenvalue weighted by Gasteiger charge is -2.21. The van der Waals surface area contributed by atoms with Gasteiger partial charge in [0.15, 0.2) is 0 Å². The number of hydrogen-bond donors (Lipinski definition) is 1. The highest BCUT2D eigenvalue weighted by Crippen LogP contribution is 2.23. The van der Waals surface area contributed by atoms with Gasteiger partial charge in [-0.25, -0.2) is 0 Å². The van der Waals surface area contributed by atoms with Gasteiger partial charge in [-0.3, -0.25) is 9.00 Å². The van der Waals surface area contributed by atoms with E-state index in [2.05, 4.69) is 0 Å². The zero-order valence-electron chi connectivity index (χ0n) is 8.77. The second-order valence-electron chi connectivity index (χ2n) is 3.91. The van der Waals surface area contributed by atoms with Gasteiger partial charge in [-0.1, -0.05) is 18.2 Å². The Bertz CT molecular complexity index is 371. The minimum absolute atomic E-state index is 0.103. The van der Waals surface area contributed by atoms with E-state index >= 15 is 0 Å². The maximum atomic E-state index is 12.0. The summed E-state index contributed by atoms with van der Waals surface area (Å²) in [6.45, 7) is 3.40. The Morgan fingerprint density at radius 3 is 2.33 bits per heavy atom. The lowest BCUT2D eigenvalue weighted by atomic mass is 10.1. The van der Waals surface area contributed by atoms with Gasteiger partial charge in [-0.2, -0.15) is 0 Å². The van der Waals surface area contributed by atoms with Crippen molar-refractivity contribution < 1.29 is 14.1 Å². The van der Waals surface area contributed by atoms with E-state index in [4.69, 9.17) is 5.11 Å². The Hall–Kier alpha value is -1.16. The Labute approximate surface area is 91.6 Å². The van der Waals surface area contributed by atoms with Crippen LogP contribution in [0.5, 0.6) is 0 Å². The molecule has 0 aliphatic heterocycles.